The third-order valence-electron chi connectivity index (χ3n) is 3.92. The molecule has 0 saturated heterocycles. The number of carbonyl (C=O) groups excluding carboxylic acids is 1. The Hall–Kier alpha value is -2.86. The zero-order valence-electron chi connectivity index (χ0n) is 14.9. The van der Waals surface area contributed by atoms with E-state index in [1.54, 1.807) is 20.3 Å². The van der Waals surface area contributed by atoms with E-state index in [0.717, 1.165) is 21.8 Å². The third-order valence-corrected chi connectivity index (χ3v) is 4.86. The van der Waals surface area contributed by atoms with Crippen LogP contribution in [0.3, 0.4) is 0 Å². The Bertz CT molecular complexity index is 907. The molecule has 0 aliphatic rings. The van der Waals surface area contributed by atoms with Crippen molar-refractivity contribution in [2.24, 2.45) is 0 Å². The van der Waals surface area contributed by atoms with E-state index >= 15 is 0 Å². The lowest BCUT2D eigenvalue weighted by molar-refractivity contribution is -0.115. The molecule has 1 amide bonds. The minimum absolute atomic E-state index is 0.120. The molecule has 0 unspecified atom stereocenters. The number of amides is 1. The summed E-state index contributed by atoms with van der Waals surface area (Å²) in [5, 5.41) is 5.76. The van der Waals surface area contributed by atoms with Crippen LogP contribution in [0.1, 0.15) is 11.3 Å². The molecule has 0 aliphatic carbocycles. The fourth-order valence-corrected chi connectivity index (χ4v) is 3.40. The zero-order chi connectivity index (χ0) is 18.5. The van der Waals surface area contributed by atoms with Crippen LogP contribution >= 0.6 is 11.3 Å². The number of anilines is 1. The van der Waals surface area contributed by atoms with Gasteiger partial charge in [-0.1, -0.05) is 30.3 Å². The summed E-state index contributed by atoms with van der Waals surface area (Å²) in [4.78, 5) is 17.0. The lowest BCUT2D eigenvalue weighted by atomic mass is 10.1. The van der Waals surface area contributed by atoms with Gasteiger partial charge in [-0.3, -0.25) is 4.79 Å². The molecule has 3 rings (SSSR count). The van der Waals surface area contributed by atoms with Gasteiger partial charge in [0.25, 0.3) is 0 Å². The average Bonchev–Trinajstić information content (AvgIpc) is 3.12. The van der Waals surface area contributed by atoms with Crippen LogP contribution in [0.4, 0.5) is 5.69 Å². The maximum Gasteiger partial charge on any atom is 0.230 e. The van der Waals surface area contributed by atoms with Gasteiger partial charge in [-0.15, -0.1) is 11.3 Å². The molecule has 6 heteroatoms. The molecule has 26 heavy (non-hydrogen) atoms. The summed E-state index contributed by atoms with van der Waals surface area (Å²) >= 11 is 1.54. The first-order valence-corrected chi connectivity index (χ1v) is 9.01. The van der Waals surface area contributed by atoms with E-state index in [1.807, 2.05) is 48.7 Å². The lowest BCUT2D eigenvalue weighted by Crippen LogP contribution is -2.15. The van der Waals surface area contributed by atoms with Crippen molar-refractivity contribution < 1.29 is 14.3 Å². The molecule has 134 valence electrons. The monoisotopic (exact) mass is 368 g/mol. The van der Waals surface area contributed by atoms with E-state index in [0.29, 0.717) is 17.2 Å². The van der Waals surface area contributed by atoms with E-state index in [1.165, 1.54) is 11.3 Å². The summed E-state index contributed by atoms with van der Waals surface area (Å²) in [5.41, 5.74) is 3.41. The molecule has 2 aromatic carbocycles. The SMILES string of the molecule is COc1cc(C)c(NC(=O)Cc2csc(-c3ccccc3)n2)cc1OC. The molecular weight excluding hydrogens is 348 g/mol. The van der Waals surface area contributed by atoms with Crippen molar-refractivity contribution in [3.05, 3.63) is 59.1 Å². The number of carbonyl (C=O) groups is 1. The van der Waals surface area contributed by atoms with E-state index in [2.05, 4.69) is 10.3 Å². The van der Waals surface area contributed by atoms with Crippen LogP contribution in [0.25, 0.3) is 10.6 Å². The number of thiazole rings is 1. The second-order valence-electron chi connectivity index (χ2n) is 5.76. The maximum atomic E-state index is 12.4. The minimum atomic E-state index is -0.120. The smallest absolute Gasteiger partial charge is 0.230 e. The first-order chi connectivity index (χ1) is 12.6. The average molecular weight is 368 g/mol. The number of rotatable bonds is 6. The molecule has 0 saturated carbocycles. The third kappa shape index (κ3) is 4.03. The van der Waals surface area contributed by atoms with Crippen molar-refractivity contribution in [2.75, 3.05) is 19.5 Å². The normalized spacial score (nSPS) is 10.4. The van der Waals surface area contributed by atoms with Crippen LogP contribution in [-0.2, 0) is 11.2 Å². The van der Waals surface area contributed by atoms with Crippen LogP contribution in [0.15, 0.2) is 47.8 Å². The topological polar surface area (TPSA) is 60.5 Å². The molecule has 3 aromatic rings. The van der Waals surface area contributed by atoms with E-state index in [-0.39, 0.29) is 12.3 Å². The second-order valence-corrected chi connectivity index (χ2v) is 6.62. The summed E-state index contributed by atoms with van der Waals surface area (Å²) in [6.07, 6.45) is 0.219. The first kappa shape index (κ1) is 17.9. The predicted molar refractivity (Wildman–Crippen MR) is 104 cm³/mol. The molecule has 0 fully saturated rings. The molecule has 5 nitrogen and oxygen atoms in total. The van der Waals surface area contributed by atoms with Gasteiger partial charge in [0.05, 0.1) is 26.3 Å². The fourth-order valence-electron chi connectivity index (χ4n) is 2.58. The van der Waals surface area contributed by atoms with Gasteiger partial charge >= 0.3 is 0 Å². The molecule has 1 N–H and O–H groups in total. The van der Waals surface area contributed by atoms with Crippen molar-refractivity contribution >= 4 is 22.9 Å². The molecule has 0 aliphatic heterocycles. The quantitative estimate of drug-likeness (QED) is 0.704. The minimum Gasteiger partial charge on any atom is -0.493 e. The molecule has 0 spiro atoms. The van der Waals surface area contributed by atoms with Crippen molar-refractivity contribution in [3.8, 4) is 22.1 Å². The largest absolute Gasteiger partial charge is 0.493 e. The Morgan fingerprint density at radius 3 is 2.50 bits per heavy atom. The molecule has 1 aromatic heterocycles. The second kappa shape index (κ2) is 8.01. The Kier molecular flexibility index (Phi) is 5.53. The van der Waals surface area contributed by atoms with Crippen LogP contribution in [0, 0.1) is 6.92 Å². The molecule has 1 heterocycles. The van der Waals surface area contributed by atoms with Gasteiger partial charge in [0.1, 0.15) is 5.01 Å². The number of aromatic nitrogens is 1. The molecule has 0 atom stereocenters. The van der Waals surface area contributed by atoms with Gasteiger partial charge in [-0.25, -0.2) is 4.98 Å². The summed E-state index contributed by atoms with van der Waals surface area (Å²) in [7, 11) is 3.15. The summed E-state index contributed by atoms with van der Waals surface area (Å²) in [5.74, 6) is 1.09. The van der Waals surface area contributed by atoms with Crippen molar-refractivity contribution in [2.45, 2.75) is 13.3 Å². The Labute approximate surface area is 156 Å². The highest BCUT2D eigenvalue weighted by atomic mass is 32.1. The van der Waals surface area contributed by atoms with Crippen LogP contribution < -0.4 is 14.8 Å². The highest BCUT2D eigenvalue weighted by Crippen LogP contribution is 2.33. The Balaban J connectivity index is 1.71. The van der Waals surface area contributed by atoms with E-state index in [9.17, 15) is 4.79 Å². The maximum absolute atomic E-state index is 12.4. The van der Waals surface area contributed by atoms with Gasteiger partial charge in [0.2, 0.25) is 5.91 Å². The fraction of sp³-hybridized carbons (Fsp3) is 0.200. The number of nitrogens with one attached hydrogen (secondary N) is 1. The predicted octanol–water partition coefficient (Wildman–Crippen LogP) is 4.32. The van der Waals surface area contributed by atoms with Gasteiger partial charge in [-0.05, 0) is 18.6 Å². The number of benzene rings is 2. The summed E-state index contributed by atoms with van der Waals surface area (Å²) in [6, 6.07) is 13.5. The van der Waals surface area contributed by atoms with E-state index in [4.69, 9.17) is 9.47 Å². The van der Waals surface area contributed by atoms with Crippen LogP contribution in [0.5, 0.6) is 11.5 Å². The van der Waals surface area contributed by atoms with E-state index < -0.39 is 0 Å². The molecule has 0 bridgehead atoms. The molecule has 0 radical (unpaired) electrons. The van der Waals surface area contributed by atoms with Gasteiger partial charge in [0, 0.05) is 22.7 Å². The van der Waals surface area contributed by atoms with Gasteiger partial charge in [-0.2, -0.15) is 0 Å². The highest BCUT2D eigenvalue weighted by molar-refractivity contribution is 7.13. The van der Waals surface area contributed by atoms with Crippen molar-refractivity contribution in [3.63, 3.8) is 0 Å². The lowest BCUT2D eigenvalue weighted by Gasteiger charge is -2.13. The van der Waals surface area contributed by atoms with Crippen LogP contribution in [0.2, 0.25) is 0 Å². The number of aryl methyl sites for hydroxylation is 1. The number of hydrogen-bond donors (Lipinski definition) is 1. The summed E-state index contributed by atoms with van der Waals surface area (Å²) in [6.45, 7) is 1.91. The number of ether oxygens (including phenoxy) is 2. The summed E-state index contributed by atoms with van der Waals surface area (Å²) < 4.78 is 10.6. The van der Waals surface area contributed by atoms with Gasteiger partial charge < -0.3 is 14.8 Å². The Morgan fingerprint density at radius 1 is 1.12 bits per heavy atom. The van der Waals surface area contributed by atoms with Crippen LogP contribution in [-0.4, -0.2) is 25.1 Å². The first-order valence-electron chi connectivity index (χ1n) is 8.13. The zero-order valence-corrected chi connectivity index (χ0v) is 15.7. The number of nitrogens with zero attached hydrogens (tertiary/aromatic N) is 1. The molecular formula is C20H20N2O3S. The number of methoxy groups -OCH3 is 2. The van der Waals surface area contributed by atoms with Crippen molar-refractivity contribution in [1.29, 1.82) is 0 Å². The standard InChI is InChI=1S/C20H20N2O3S/c1-13-9-17(24-2)18(25-3)11-16(13)22-19(23)10-15-12-26-20(21-15)14-7-5-4-6-8-14/h4-9,11-12H,10H2,1-3H3,(H,22,23). The Morgan fingerprint density at radius 2 is 1.81 bits per heavy atom. The highest BCUT2D eigenvalue weighted by Gasteiger charge is 2.13. The van der Waals surface area contributed by atoms with Gasteiger partial charge in [0.15, 0.2) is 11.5 Å². The number of hydrogen-bond acceptors (Lipinski definition) is 5. The van der Waals surface area contributed by atoms with Crippen molar-refractivity contribution in [1.82, 2.24) is 4.98 Å².